The van der Waals surface area contributed by atoms with Gasteiger partial charge in [0.05, 0.1) is 12.1 Å². The molecule has 0 aliphatic heterocycles. The summed E-state index contributed by atoms with van der Waals surface area (Å²) in [6, 6.07) is 2.42. The number of rotatable bonds is 3. The second kappa shape index (κ2) is 5.73. The quantitative estimate of drug-likeness (QED) is 0.384. The molecule has 0 aliphatic rings. The summed E-state index contributed by atoms with van der Waals surface area (Å²) in [5.74, 6) is 0.463. The molecule has 0 heterocycles. The average Bonchev–Trinajstić information content (AvgIpc) is 2.28. The highest BCUT2D eigenvalue weighted by atomic mass is 19.4. The summed E-state index contributed by atoms with van der Waals surface area (Å²) in [7, 11) is 0. The molecule has 0 saturated heterocycles. The van der Waals surface area contributed by atoms with Gasteiger partial charge in [-0.15, -0.1) is 0 Å². The molecular formula is C12H15F3N4. The maximum atomic E-state index is 12.8. The van der Waals surface area contributed by atoms with Crippen LogP contribution in [0.5, 0.6) is 0 Å². The highest BCUT2D eigenvalue weighted by Crippen LogP contribution is 2.34. The van der Waals surface area contributed by atoms with Gasteiger partial charge in [-0.2, -0.15) is 18.3 Å². The molecule has 0 aromatic heterocycles. The fraction of sp³-hybridized carbons (Fsp3) is 0.333. The van der Waals surface area contributed by atoms with Gasteiger partial charge in [0.1, 0.15) is 5.84 Å². The molecular weight excluding hydrogens is 257 g/mol. The first-order valence-corrected chi connectivity index (χ1v) is 5.44. The third-order valence-electron chi connectivity index (χ3n) is 2.57. The molecule has 0 bridgehead atoms. The van der Waals surface area contributed by atoms with Crippen LogP contribution < -0.4 is 11.2 Å². The topological polar surface area (TPSA) is 62.8 Å². The van der Waals surface area contributed by atoms with Crippen molar-refractivity contribution in [1.82, 2.24) is 5.43 Å². The Labute approximate surface area is 109 Å². The summed E-state index contributed by atoms with van der Waals surface area (Å²) in [4.78, 5) is 4.06. The smallest absolute Gasteiger partial charge is 0.399 e. The Morgan fingerprint density at radius 2 is 2.05 bits per heavy atom. The Morgan fingerprint density at radius 1 is 1.42 bits per heavy atom. The van der Waals surface area contributed by atoms with Crippen molar-refractivity contribution in [2.24, 2.45) is 10.1 Å². The summed E-state index contributed by atoms with van der Waals surface area (Å²) in [6.07, 6.45) is -4.42. The molecule has 0 atom stereocenters. The van der Waals surface area contributed by atoms with Gasteiger partial charge >= 0.3 is 6.18 Å². The molecule has 1 aromatic rings. The van der Waals surface area contributed by atoms with Gasteiger partial charge in [0.2, 0.25) is 0 Å². The number of hydrogen-bond acceptors (Lipinski definition) is 3. The first-order chi connectivity index (χ1) is 8.75. The largest absolute Gasteiger partial charge is 0.416 e. The molecule has 0 radical (unpaired) electrons. The standard InChI is InChI=1S/C12H15F3N4/c1-7-9(6-18-8(2)19-17-3)4-10(16)5-11(7)12(13,14)15/h4-5H,3,6,16H2,1-2H3,(H,18,19). The van der Waals surface area contributed by atoms with E-state index in [1.807, 2.05) is 0 Å². The molecule has 0 unspecified atom stereocenters. The molecule has 0 amide bonds. The van der Waals surface area contributed by atoms with Gasteiger partial charge in [0.25, 0.3) is 0 Å². The number of hydrazone groups is 1. The summed E-state index contributed by atoms with van der Waals surface area (Å²) in [5.41, 5.74) is 7.89. The monoisotopic (exact) mass is 272 g/mol. The Bertz CT molecular complexity index is 506. The lowest BCUT2D eigenvalue weighted by molar-refractivity contribution is -0.138. The van der Waals surface area contributed by atoms with Crippen LogP contribution in [0.15, 0.2) is 22.2 Å². The lowest BCUT2D eigenvalue weighted by Gasteiger charge is -2.14. The molecule has 3 N–H and O–H groups in total. The number of nitrogens with two attached hydrogens (primary N) is 1. The van der Waals surface area contributed by atoms with Gasteiger partial charge in [-0.1, -0.05) is 0 Å². The summed E-state index contributed by atoms with van der Waals surface area (Å²) < 4.78 is 38.4. The second-order valence-corrected chi connectivity index (χ2v) is 4.02. The van der Waals surface area contributed by atoms with Gasteiger partial charge in [-0.25, -0.2) is 0 Å². The highest BCUT2D eigenvalue weighted by molar-refractivity contribution is 5.79. The van der Waals surface area contributed by atoms with E-state index in [4.69, 9.17) is 5.73 Å². The third kappa shape index (κ3) is 3.97. The number of amidine groups is 1. The molecule has 1 rings (SSSR count). The van der Waals surface area contributed by atoms with Crippen molar-refractivity contribution < 1.29 is 13.2 Å². The minimum absolute atomic E-state index is 0.0654. The molecule has 0 fully saturated rings. The van der Waals surface area contributed by atoms with E-state index in [1.54, 1.807) is 6.92 Å². The van der Waals surface area contributed by atoms with E-state index in [9.17, 15) is 13.2 Å². The van der Waals surface area contributed by atoms with E-state index in [0.29, 0.717) is 11.4 Å². The molecule has 0 spiro atoms. The Kier molecular flexibility index (Phi) is 4.52. The van der Waals surface area contributed by atoms with Crippen LogP contribution in [0.3, 0.4) is 0 Å². The minimum Gasteiger partial charge on any atom is -0.399 e. The van der Waals surface area contributed by atoms with E-state index >= 15 is 0 Å². The number of alkyl halides is 3. The number of nitrogens with one attached hydrogen (secondary N) is 1. The van der Waals surface area contributed by atoms with E-state index < -0.39 is 11.7 Å². The maximum Gasteiger partial charge on any atom is 0.416 e. The summed E-state index contributed by atoms with van der Waals surface area (Å²) in [5, 5.41) is 3.41. The molecule has 19 heavy (non-hydrogen) atoms. The van der Waals surface area contributed by atoms with E-state index in [2.05, 4.69) is 22.2 Å². The van der Waals surface area contributed by atoms with Crippen molar-refractivity contribution in [3.63, 3.8) is 0 Å². The third-order valence-corrected chi connectivity index (χ3v) is 2.57. The van der Waals surface area contributed by atoms with Crippen LogP contribution in [0.25, 0.3) is 0 Å². The van der Waals surface area contributed by atoms with Gasteiger partial charge < -0.3 is 5.73 Å². The number of nitrogens with zero attached hydrogens (tertiary/aromatic N) is 2. The van der Waals surface area contributed by atoms with Crippen molar-refractivity contribution in [3.8, 4) is 0 Å². The van der Waals surface area contributed by atoms with E-state index in [0.717, 1.165) is 6.07 Å². The zero-order valence-electron chi connectivity index (χ0n) is 10.7. The zero-order valence-corrected chi connectivity index (χ0v) is 10.7. The van der Waals surface area contributed by atoms with Crippen LogP contribution in [0, 0.1) is 6.92 Å². The lowest BCUT2D eigenvalue weighted by Crippen LogP contribution is -2.13. The van der Waals surface area contributed by atoms with Gasteiger partial charge in [-0.05, 0) is 37.1 Å². The molecule has 0 saturated carbocycles. The average molecular weight is 272 g/mol. The maximum absolute atomic E-state index is 12.8. The van der Waals surface area contributed by atoms with Crippen LogP contribution in [0.2, 0.25) is 0 Å². The van der Waals surface area contributed by atoms with Crippen molar-refractivity contribution >= 4 is 18.2 Å². The predicted octanol–water partition coefficient (Wildman–Crippen LogP) is 2.72. The minimum atomic E-state index is -4.42. The van der Waals surface area contributed by atoms with Gasteiger partial charge in [0.15, 0.2) is 0 Å². The fourth-order valence-electron chi connectivity index (χ4n) is 1.61. The van der Waals surface area contributed by atoms with E-state index in [-0.39, 0.29) is 17.8 Å². The predicted molar refractivity (Wildman–Crippen MR) is 70.1 cm³/mol. The molecule has 104 valence electrons. The lowest BCUT2D eigenvalue weighted by atomic mass is 10.0. The van der Waals surface area contributed by atoms with E-state index in [1.165, 1.54) is 13.0 Å². The number of halogens is 3. The van der Waals surface area contributed by atoms with Crippen LogP contribution in [-0.2, 0) is 12.7 Å². The molecule has 1 aromatic carbocycles. The number of hydrogen-bond donors (Lipinski definition) is 2. The first kappa shape index (κ1) is 15.0. The van der Waals surface area contributed by atoms with Crippen molar-refractivity contribution in [1.29, 1.82) is 0 Å². The summed E-state index contributed by atoms with van der Waals surface area (Å²) >= 11 is 0. The van der Waals surface area contributed by atoms with Crippen LogP contribution in [-0.4, -0.2) is 12.6 Å². The highest BCUT2D eigenvalue weighted by Gasteiger charge is 2.33. The SMILES string of the molecule is C=NNC(C)=NCc1cc(N)cc(C(F)(F)F)c1C. The van der Waals surface area contributed by atoms with Gasteiger partial charge in [0, 0.05) is 12.4 Å². The summed E-state index contributed by atoms with van der Waals surface area (Å²) in [6.45, 7) is 6.36. The number of benzene rings is 1. The number of aliphatic imine (C=N–C) groups is 1. The van der Waals surface area contributed by atoms with Crippen LogP contribution in [0.4, 0.5) is 18.9 Å². The Morgan fingerprint density at radius 3 is 2.58 bits per heavy atom. The first-order valence-electron chi connectivity index (χ1n) is 5.44. The number of anilines is 1. The molecule has 7 heteroatoms. The number of nitrogen functional groups attached to an aromatic ring is 1. The van der Waals surface area contributed by atoms with Gasteiger partial charge in [-0.3, -0.25) is 10.4 Å². The van der Waals surface area contributed by atoms with Crippen molar-refractivity contribution in [2.45, 2.75) is 26.6 Å². The molecule has 4 nitrogen and oxygen atoms in total. The molecule has 0 aliphatic carbocycles. The van der Waals surface area contributed by atoms with Crippen LogP contribution in [0.1, 0.15) is 23.6 Å². The van der Waals surface area contributed by atoms with Crippen molar-refractivity contribution in [3.05, 3.63) is 28.8 Å². The second-order valence-electron chi connectivity index (χ2n) is 4.02. The Balaban J connectivity index is 3.12. The van der Waals surface area contributed by atoms with Crippen molar-refractivity contribution in [2.75, 3.05) is 5.73 Å². The Hall–Kier alpha value is -2.05. The normalized spacial score (nSPS) is 12.4. The van der Waals surface area contributed by atoms with Crippen LogP contribution >= 0.6 is 0 Å². The fourth-order valence-corrected chi connectivity index (χ4v) is 1.61. The zero-order chi connectivity index (χ0) is 14.6.